The number of nitrogens with one attached hydrogen (secondary N) is 1. The van der Waals surface area contributed by atoms with Crippen LogP contribution in [-0.4, -0.2) is 44.1 Å². The normalized spacial score (nSPS) is 16.2. The number of hydrogen-bond acceptors (Lipinski definition) is 3. The minimum atomic E-state index is 0.184. The third kappa shape index (κ3) is 3.23. The molecule has 1 heterocycles. The summed E-state index contributed by atoms with van der Waals surface area (Å²) < 4.78 is 5.28. The molecule has 18 heavy (non-hydrogen) atoms. The van der Waals surface area contributed by atoms with Crippen molar-refractivity contribution in [2.75, 3.05) is 33.3 Å². The van der Waals surface area contributed by atoms with E-state index in [4.69, 9.17) is 4.74 Å². The van der Waals surface area contributed by atoms with Crippen LogP contribution in [0.2, 0.25) is 0 Å². The Morgan fingerprint density at radius 1 is 1.33 bits per heavy atom. The summed E-state index contributed by atoms with van der Waals surface area (Å²) in [5.74, 6) is 0.974. The lowest BCUT2D eigenvalue weighted by atomic mass is 10.1. The molecule has 1 aromatic carbocycles. The molecular weight excluding hydrogens is 228 g/mol. The number of carbonyl (C=O) groups is 1. The van der Waals surface area contributed by atoms with Gasteiger partial charge in [-0.15, -0.1) is 0 Å². The van der Waals surface area contributed by atoms with E-state index < -0.39 is 0 Å². The van der Waals surface area contributed by atoms with Crippen LogP contribution in [0.3, 0.4) is 0 Å². The summed E-state index contributed by atoms with van der Waals surface area (Å²) in [5, 5.41) is 3.30. The number of benzene rings is 1. The monoisotopic (exact) mass is 248 g/mol. The molecule has 1 amide bonds. The summed E-state index contributed by atoms with van der Waals surface area (Å²) in [4.78, 5) is 14.2. The first-order valence-corrected chi connectivity index (χ1v) is 6.41. The first-order valence-electron chi connectivity index (χ1n) is 6.41. The molecule has 0 aromatic heterocycles. The van der Waals surface area contributed by atoms with Gasteiger partial charge in [0.15, 0.2) is 0 Å². The van der Waals surface area contributed by atoms with Gasteiger partial charge in [-0.1, -0.05) is 18.2 Å². The third-order valence-corrected chi connectivity index (χ3v) is 3.23. The van der Waals surface area contributed by atoms with E-state index in [0.717, 1.165) is 43.9 Å². The summed E-state index contributed by atoms with van der Waals surface area (Å²) in [6.45, 7) is 3.53. The van der Waals surface area contributed by atoms with Crippen molar-refractivity contribution < 1.29 is 9.53 Å². The lowest BCUT2D eigenvalue weighted by Gasteiger charge is -2.20. The smallest absolute Gasteiger partial charge is 0.227 e. The number of para-hydroxylation sites is 1. The molecule has 4 heteroatoms. The fourth-order valence-corrected chi connectivity index (χ4v) is 2.22. The molecule has 1 aromatic rings. The van der Waals surface area contributed by atoms with Gasteiger partial charge in [-0.05, 0) is 19.0 Å². The molecule has 1 aliphatic rings. The van der Waals surface area contributed by atoms with Gasteiger partial charge in [0.2, 0.25) is 5.91 Å². The molecule has 1 N–H and O–H groups in total. The van der Waals surface area contributed by atoms with Crippen molar-refractivity contribution in [3.8, 4) is 5.75 Å². The molecule has 0 spiro atoms. The van der Waals surface area contributed by atoms with Gasteiger partial charge in [0.25, 0.3) is 0 Å². The van der Waals surface area contributed by atoms with Gasteiger partial charge in [-0.25, -0.2) is 0 Å². The van der Waals surface area contributed by atoms with Gasteiger partial charge in [0.1, 0.15) is 5.75 Å². The summed E-state index contributed by atoms with van der Waals surface area (Å²) in [6.07, 6.45) is 1.45. The van der Waals surface area contributed by atoms with Crippen LogP contribution in [0, 0.1) is 0 Å². The summed E-state index contributed by atoms with van der Waals surface area (Å²) in [6, 6.07) is 7.71. The summed E-state index contributed by atoms with van der Waals surface area (Å²) >= 11 is 0. The fraction of sp³-hybridized carbons (Fsp3) is 0.500. The molecule has 1 fully saturated rings. The van der Waals surface area contributed by atoms with E-state index in [0.29, 0.717) is 6.42 Å². The number of carbonyl (C=O) groups excluding carboxylic acids is 1. The third-order valence-electron chi connectivity index (χ3n) is 3.23. The van der Waals surface area contributed by atoms with E-state index in [1.165, 1.54) is 0 Å². The minimum Gasteiger partial charge on any atom is -0.496 e. The van der Waals surface area contributed by atoms with Crippen LogP contribution >= 0.6 is 0 Å². The zero-order valence-corrected chi connectivity index (χ0v) is 10.8. The van der Waals surface area contributed by atoms with Gasteiger partial charge in [-0.2, -0.15) is 0 Å². The molecule has 1 saturated heterocycles. The zero-order chi connectivity index (χ0) is 12.8. The van der Waals surface area contributed by atoms with Gasteiger partial charge >= 0.3 is 0 Å². The highest BCUT2D eigenvalue weighted by atomic mass is 16.5. The van der Waals surface area contributed by atoms with E-state index in [9.17, 15) is 4.79 Å². The van der Waals surface area contributed by atoms with Crippen molar-refractivity contribution in [1.82, 2.24) is 10.2 Å². The maximum Gasteiger partial charge on any atom is 0.227 e. The molecule has 2 rings (SSSR count). The second-order valence-electron chi connectivity index (χ2n) is 4.47. The van der Waals surface area contributed by atoms with Gasteiger partial charge in [-0.3, -0.25) is 4.79 Å². The average Bonchev–Trinajstić information content (AvgIpc) is 2.68. The molecule has 0 atom stereocenters. The van der Waals surface area contributed by atoms with Crippen LogP contribution in [0.1, 0.15) is 12.0 Å². The quantitative estimate of drug-likeness (QED) is 0.869. The maximum absolute atomic E-state index is 12.2. The standard InChI is InChI=1S/C14H20N2O2/c1-18-13-6-3-2-5-12(13)11-14(17)16-9-4-7-15-8-10-16/h2-3,5-6,15H,4,7-11H2,1H3. The van der Waals surface area contributed by atoms with E-state index in [2.05, 4.69) is 5.32 Å². The lowest BCUT2D eigenvalue weighted by Crippen LogP contribution is -2.35. The number of hydrogen-bond donors (Lipinski definition) is 1. The summed E-state index contributed by atoms with van der Waals surface area (Å²) in [7, 11) is 1.64. The van der Waals surface area contributed by atoms with Crippen LogP contribution < -0.4 is 10.1 Å². The molecular formula is C14H20N2O2. The van der Waals surface area contributed by atoms with Crippen LogP contribution in [0.25, 0.3) is 0 Å². The highest BCUT2D eigenvalue weighted by molar-refractivity contribution is 5.79. The molecule has 0 aliphatic carbocycles. The molecule has 0 radical (unpaired) electrons. The maximum atomic E-state index is 12.2. The Morgan fingerprint density at radius 2 is 2.17 bits per heavy atom. The first-order chi connectivity index (χ1) is 8.81. The first kappa shape index (κ1) is 12.9. The SMILES string of the molecule is COc1ccccc1CC(=O)N1CCCNCC1. The zero-order valence-electron chi connectivity index (χ0n) is 10.8. The van der Waals surface area contributed by atoms with Gasteiger partial charge in [0.05, 0.1) is 13.5 Å². The molecule has 0 saturated carbocycles. The lowest BCUT2D eigenvalue weighted by molar-refractivity contribution is -0.130. The molecule has 0 unspecified atom stereocenters. The number of nitrogens with zero attached hydrogens (tertiary/aromatic N) is 1. The van der Waals surface area contributed by atoms with Crippen LogP contribution in [0.5, 0.6) is 5.75 Å². The van der Waals surface area contributed by atoms with Crippen LogP contribution in [0.4, 0.5) is 0 Å². The number of methoxy groups -OCH3 is 1. The highest BCUT2D eigenvalue weighted by Crippen LogP contribution is 2.18. The van der Waals surface area contributed by atoms with Crippen molar-refractivity contribution in [1.29, 1.82) is 0 Å². The summed E-state index contributed by atoms with van der Waals surface area (Å²) in [5.41, 5.74) is 0.960. The Kier molecular flexibility index (Phi) is 4.59. The van der Waals surface area contributed by atoms with Crippen molar-refractivity contribution >= 4 is 5.91 Å². The van der Waals surface area contributed by atoms with E-state index in [-0.39, 0.29) is 5.91 Å². The van der Waals surface area contributed by atoms with Crippen molar-refractivity contribution in [3.63, 3.8) is 0 Å². The second kappa shape index (κ2) is 6.40. The number of rotatable bonds is 3. The van der Waals surface area contributed by atoms with Crippen molar-refractivity contribution in [2.24, 2.45) is 0 Å². The molecule has 0 bridgehead atoms. The van der Waals surface area contributed by atoms with Crippen molar-refractivity contribution in [3.05, 3.63) is 29.8 Å². The minimum absolute atomic E-state index is 0.184. The molecule has 98 valence electrons. The Bertz CT molecular complexity index is 399. The van der Waals surface area contributed by atoms with E-state index in [1.54, 1.807) is 7.11 Å². The van der Waals surface area contributed by atoms with Gasteiger partial charge < -0.3 is 15.0 Å². The fourth-order valence-electron chi connectivity index (χ4n) is 2.22. The van der Waals surface area contributed by atoms with Crippen LogP contribution in [-0.2, 0) is 11.2 Å². The number of amides is 1. The topological polar surface area (TPSA) is 41.6 Å². The Balaban J connectivity index is 2.01. The number of ether oxygens (including phenoxy) is 1. The Hall–Kier alpha value is -1.55. The molecule has 4 nitrogen and oxygen atoms in total. The molecule has 1 aliphatic heterocycles. The largest absolute Gasteiger partial charge is 0.496 e. The van der Waals surface area contributed by atoms with E-state index >= 15 is 0 Å². The van der Waals surface area contributed by atoms with Gasteiger partial charge in [0, 0.05) is 25.2 Å². The predicted octanol–water partition coefficient (Wildman–Crippen LogP) is 1.06. The Morgan fingerprint density at radius 3 is 3.00 bits per heavy atom. The van der Waals surface area contributed by atoms with Crippen molar-refractivity contribution in [2.45, 2.75) is 12.8 Å². The van der Waals surface area contributed by atoms with E-state index in [1.807, 2.05) is 29.2 Å². The predicted molar refractivity (Wildman–Crippen MR) is 70.8 cm³/mol. The Labute approximate surface area is 108 Å². The van der Waals surface area contributed by atoms with Crippen LogP contribution in [0.15, 0.2) is 24.3 Å². The average molecular weight is 248 g/mol. The highest BCUT2D eigenvalue weighted by Gasteiger charge is 2.16. The second-order valence-corrected chi connectivity index (χ2v) is 4.47.